The highest BCUT2D eigenvalue weighted by Crippen LogP contribution is 2.24. The lowest BCUT2D eigenvalue weighted by molar-refractivity contribution is 0.0134. The summed E-state index contributed by atoms with van der Waals surface area (Å²) >= 11 is 0. The Morgan fingerprint density at radius 2 is 1.69 bits per heavy atom. The molecule has 80 valence electrons. The molecular formula is C10H22O3. The van der Waals surface area contributed by atoms with Crippen molar-refractivity contribution in [2.45, 2.75) is 33.1 Å². The summed E-state index contributed by atoms with van der Waals surface area (Å²) < 4.78 is 5.32. The van der Waals surface area contributed by atoms with Crippen LogP contribution in [-0.2, 0) is 4.74 Å². The van der Waals surface area contributed by atoms with Gasteiger partial charge in [-0.1, -0.05) is 13.8 Å². The summed E-state index contributed by atoms with van der Waals surface area (Å²) in [5, 5.41) is 18.2. The van der Waals surface area contributed by atoms with Gasteiger partial charge in [0.15, 0.2) is 0 Å². The van der Waals surface area contributed by atoms with Crippen LogP contribution in [0.25, 0.3) is 0 Å². The van der Waals surface area contributed by atoms with E-state index in [-0.39, 0.29) is 18.6 Å². The van der Waals surface area contributed by atoms with E-state index in [4.69, 9.17) is 14.9 Å². The second-order valence-corrected chi connectivity index (χ2v) is 3.53. The number of rotatable bonds is 8. The van der Waals surface area contributed by atoms with Gasteiger partial charge in [0.25, 0.3) is 0 Å². The molecule has 0 aromatic carbocycles. The molecule has 3 heteroatoms. The van der Waals surface area contributed by atoms with Crippen molar-refractivity contribution in [3.63, 3.8) is 0 Å². The van der Waals surface area contributed by atoms with Crippen molar-refractivity contribution in [3.8, 4) is 0 Å². The maximum absolute atomic E-state index is 9.12. The minimum atomic E-state index is -0.340. The first-order chi connectivity index (χ1) is 6.24. The molecule has 0 saturated heterocycles. The van der Waals surface area contributed by atoms with Crippen LogP contribution in [0.3, 0.4) is 0 Å². The van der Waals surface area contributed by atoms with Crippen molar-refractivity contribution in [3.05, 3.63) is 0 Å². The summed E-state index contributed by atoms with van der Waals surface area (Å²) in [6.45, 7) is 5.50. The van der Waals surface area contributed by atoms with E-state index in [9.17, 15) is 0 Å². The van der Waals surface area contributed by atoms with Gasteiger partial charge in [0, 0.05) is 18.6 Å². The van der Waals surface area contributed by atoms with E-state index in [0.29, 0.717) is 6.61 Å². The van der Waals surface area contributed by atoms with Gasteiger partial charge in [-0.15, -0.1) is 0 Å². The average molecular weight is 190 g/mol. The molecule has 0 unspecified atom stereocenters. The van der Waals surface area contributed by atoms with Crippen LogP contribution in [0.2, 0.25) is 0 Å². The monoisotopic (exact) mass is 190 g/mol. The summed E-state index contributed by atoms with van der Waals surface area (Å²) in [5.74, 6) is 0. The molecule has 0 radical (unpaired) electrons. The van der Waals surface area contributed by atoms with Gasteiger partial charge in [0.1, 0.15) is 0 Å². The van der Waals surface area contributed by atoms with Gasteiger partial charge in [-0.25, -0.2) is 0 Å². The molecule has 0 aliphatic heterocycles. The Labute approximate surface area is 80.7 Å². The minimum absolute atomic E-state index is 0.0372. The third-order valence-electron chi connectivity index (χ3n) is 2.55. The van der Waals surface area contributed by atoms with Gasteiger partial charge >= 0.3 is 0 Å². The lowest BCUT2D eigenvalue weighted by atomic mass is 9.84. The van der Waals surface area contributed by atoms with Gasteiger partial charge in [0.05, 0.1) is 13.2 Å². The smallest absolute Gasteiger partial charge is 0.0510 e. The molecular weight excluding hydrogens is 168 g/mol. The molecule has 0 bridgehead atoms. The Morgan fingerprint density at radius 3 is 2.08 bits per heavy atom. The fourth-order valence-corrected chi connectivity index (χ4v) is 1.14. The highest BCUT2D eigenvalue weighted by Gasteiger charge is 2.25. The number of hydrogen-bond acceptors (Lipinski definition) is 3. The molecule has 0 fully saturated rings. The Morgan fingerprint density at radius 1 is 1.08 bits per heavy atom. The third-order valence-corrected chi connectivity index (χ3v) is 2.55. The van der Waals surface area contributed by atoms with Gasteiger partial charge < -0.3 is 14.9 Å². The van der Waals surface area contributed by atoms with Gasteiger partial charge in [0.2, 0.25) is 0 Å². The first-order valence-electron chi connectivity index (χ1n) is 5.04. The lowest BCUT2D eigenvalue weighted by Crippen LogP contribution is -2.30. The molecule has 2 N–H and O–H groups in total. The summed E-state index contributed by atoms with van der Waals surface area (Å²) in [7, 11) is 0. The highest BCUT2D eigenvalue weighted by molar-refractivity contribution is 4.75. The molecule has 0 heterocycles. The SMILES string of the molecule is CCCOCCC(CC)(CO)CO. The summed E-state index contributed by atoms with van der Waals surface area (Å²) in [6, 6.07) is 0. The third kappa shape index (κ3) is 4.60. The van der Waals surface area contributed by atoms with E-state index in [1.165, 1.54) is 0 Å². The van der Waals surface area contributed by atoms with E-state index in [2.05, 4.69) is 6.92 Å². The summed E-state index contributed by atoms with van der Waals surface area (Å²) in [5.41, 5.74) is -0.340. The van der Waals surface area contributed by atoms with Crippen LogP contribution in [0.4, 0.5) is 0 Å². The second kappa shape index (κ2) is 7.30. The van der Waals surface area contributed by atoms with Crippen molar-refractivity contribution in [2.24, 2.45) is 5.41 Å². The van der Waals surface area contributed by atoms with Gasteiger partial charge in [-0.2, -0.15) is 0 Å². The maximum atomic E-state index is 9.12. The number of aliphatic hydroxyl groups is 2. The molecule has 0 aromatic heterocycles. The van der Waals surface area contributed by atoms with Crippen LogP contribution >= 0.6 is 0 Å². The molecule has 0 aliphatic carbocycles. The molecule has 0 atom stereocenters. The lowest BCUT2D eigenvalue weighted by Gasteiger charge is -2.27. The molecule has 0 rings (SSSR count). The van der Waals surface area contributed by atoms with Crippen molar-refractivity contribution in [1.29, 1.82) is 0 Å². The molecule has 0 amide bonds. The molecule has 0 spiro atoms. The van der Waals surface area contributed by atoms with Crippen LogP contribution in [0, 0.1) is 5.41 Å². The van der Waals surface area contributed by atoms with Crippen LogP contribution in [-0.4, -0.2) is 36.6 Å². The van der Waals surface area contributed by atoms with Crippen LogP contribution in [0.5, 0.6) is 0 Å². The van der Waals surface area contributed by atoms with Crippen molar-refractivity contribution >= 4 is 0 Å². The Hall–Kier alpha value is -0.120. The van der Waals surface area contributed by atoms with Gasteiger partial charge in [-0.05, 0) is 19.3 Å². The Balaban J connectivity index is 3.68. The van der Waals surface area contributed by atoms with Gasteiger partial charge in [-0.3, -0.25) is 0 Å². The van der Waals surface area contributed by atoms with E-state index < -0.39 is 0 Å². The van der Waals surface area contributed by atoms with Crippen molar-refractivity contribution in [1.82, 2.24) is 0 Å². The largest absolute Gasteiger partial charge is 0.396 e. The maximum Gasteiger partial charge on any atom is 0.0510 e. The zero-order chi connectivity index (χ0) is 10.2. The van der Waals surface area contributed by atoms with E-state index in [1.807, 2.05) is 6.92 Å². The van der Waals surface area contributed by atoms with Crippen LogP contribution in [0.15, 0.2) is 0 Å². The topological polar surface area (TPSA) is 49.7 Å². The molecule has 13 heavy (non-hydrogen) atoms. The number of aliphatic hydroxyl groups excluding tert-OH is 2. The summed E-state index contributed by atoms with van der Waals surface area (Å²) in [4.78, 5) is 0. The fraction of sp³-hybridized carbons (Fsp3) is 1.00. The first-order valence-corrected chi connectivity index (χ1v) is 5.04. The van der Waals surface area contributed by atoms with Crippen molar-refractivity contribution in [2.75, 3.05) is 26.4 Å². The van der Waals surface area contributed by atoms with E-state index >= 15 is 0 Å². The van der Waals surface area contributed by atoms with Crippen LogP contribution < -0.4 is 0 Å². The number of ether oxygens (including phenoxy) is 1. The first kappa shape index (κ1) is 12.9. The predicted octanol–water partition coefficient (Wildman–Crippen LogP) is 1.18. The zero-order valence-electron chi connectivity index (χ0n) is 8.75. The average Bonchev–Trinajstić information content (AvgIpc) is 2.20. The molecule has 0 aromatic rings. The molecule has 0 saturated carbocycles. The quantitative estimate of drug-likeness (QED) is 0.565. The molecule has 0 aliphatic rings. The second-order valence-electron chi connectivity index (χ2n) is 3.53. The summed E-state index contributed by atoms with van der Waals surface area (Å²) in [6.07, 6.45) is 2.53. The molecule has 3 nitrogen and oxygen atoms in total. The Kier molecular flexibility index (Phi) is 7.23. The number of hydrogen-bond donors (Lipinski definition) is 2. The highest BCUT2D eigenvalue weighted by atomic mass is 16.5. The van der Waals surface area contributed by atoms with Crippen molar-refractivity contribution < 1.29 is 14.9 Å². The predicted molar refractivity (Wildman–Crippen MR) is 52.6 cm³/mol. The zero-order valence-corrected chi connectivity index (χ0v) is 8.75. The minimum Gasteiger partial charge on any atom is -0.396 e. The standard InChI is InChI=1S/C10H22O3/c1-3-6-13-7-5-10(4-2,8-11)9-12/h11-12H,3-9H2,1-2H3. The fourth-order valence-electron chi connectivity index (χ4n) is 1.14. The van der Waals surface area contributed by atoms with E-state index in [1.54, 1.807) is 0 Å². The van der Waals surface area contributed by atoms with Crippen LogP contribution in [0.1, 0.15) is 33.1 Å². The normalized spacial score (nSPS) is 12.0. The Bertz CT molecular complexity index is 102. The van der Waals surface area contributed by atoms with E-state index in [0.717, 1.165) is 25.9 Å².